The number of piperidine rings is 1. The Labute approximate surface area is 113 Å². The number of hydrogen-bond donors (Lipinski definition) is 1. The van der Waals surface area contributed by atoms with E-state index in [1.165, 1.54) is 12.5 Å². The van der Waals surface area contributed by atoms with Gasteiger partial charge in [0.2, 0.25) is 0 Å². The van der Waals surface area contributed by atoms with Crippen LogP contribution in [0.3, 0.4) is 0 Å². The molecular weight excluding hydrogens is 243 g/mol. The third kappa shape index (κ3) is 3.93. The minimum atomic E-state index is -1.07. The predicted molar refractivity (Wildman–Crippen MR) is 73.4 cm³/mol. The lowest BCUT2D eigenvalue weighted by molar-refractivity contribution is 0.143. The molecule has 0 atom stereocenters. The summed E-state index contributed by atoms with van der Waals surface area (Å²) in [5, 5.41) is 9.57. The van der Waals surface area contributed by atoms with Gasteiger partial charge in [-0.2, -0.15) is 0 Å². The van der Waals surface area contributed by atoms with Crippen molar-refractivity contribution >= 4 is 5.82 Å². The normalized spacial score (nSPS) is 15.9. The van der Waals surface area contributed by atoms with Gasteiger partial charge in [0.15, 0.2) is 11.6 Å². The summed E-state index contributed by atoms with van der Waals surface area (Å²) in [7, 11) is 0. The highest BCUT2D eigenvalue weighted by Gasteiger charge is 2.16. The molecule has 1 aliphatic heterocycles. The first-order chi connectivity index (χ1) is 8.96. The molecular formula is C15H19FN2O. The third-order valence-electron chi connectivity index (χ3n) is 2.98. The van der Waals surface area contributed by atoms with Crippen LogP contribution in [0, 0.1) is 17.7 Å². The number of anilines is 1. The Morgan fingerprint density at radius 1 is 1.26 bits per heavy atom. The van der Waals surface area contributed by atoms with E-state index in [9.17, 15) is 9.50 Å². The van der Waals surface area contributed by atoms with Crippen LogP contribution in [0.15, 0.2) is 12.1 Å². The fourth-order valence-electron chi connectivity index (χ4n) is 2.05. The van der Waals surface area contributed by atoms with Crippen molar-refractivity contribution in [2.45, 2.75) is 38.7 Å². The van der Waals surface area contributed by atoms with E-state index in [0.717, 1.165) is 25.9 Å². The van der Waals surface area contributed by atoms with Crippen LogP contribution in [0.2, 0.25) is 0 Å². The molecule has 102 valence electrons. The summed E-state index contributed by atoms with van der Waals surface area (Å²) in [4.78, 5) is 6.23. The number of aliphatic hydroxyl groups is 1. The molecule has 2 heterocycles. The Hall–Kier alpha value is -1.60. The zero-order valence-corrected chi connectivity index (χ0v) is 11.4. The molecule has 0 aromatic carbocycles. The summed E-state index contributed by atoms with van der Waals surface area (Å²) in [5.41, 5.74) is -0.578. The molecule has 0 spiro atoms. The SMILES string of the molecule is CC(C)(O)C#Cc1ccc(F)c(N2CCCCC2)n1. The quantitative estimate of drug-likeness (QED) is 0.789. The maximum absolute atomic E-state index is 13.8. The van der Waals surface area contributed by atoms with Crippen molar-refractivity contribution in [2.24, 2.45) is 0 Å². The molecule has 1 aromatic rings. The summed E-state index contributed by atoms with van der Waals surface area (Å²) in [6, 6.07) is 2.94. The fourth-order valence-corrected chi connectivity index (χ4v) is 2.05. The van der Waals surface area contributed by atoms with Gasteiger partial charge in [-0.05, 0) is 51.2 Å². The van der Waals surface area contributed by atoms with Crippen molar-refractivity contribution in [3.63, 3.8) is 0 Å². The van der Waals surface area contributed by atoms with Gasteiger partial charge in [0.1, 0.15) is 11.3 Å². The van der Waals surface area contributed by atoms with Crippen LogP contribution in [-0.4, -0.2) is 28.8 Å². The first-order valence-corrected chi connectivity index (χ1v) is 6.63. The molecule has 0 radical (unpaired) electrons. The van der Waals surface area contributed by atoms with Gasteiger partial charge in [0.05, 0.1) is 0 Å². The first-order valence-electron chi connectivity index (χ1n) is 6.63. The van der Waals surface area contributed by atoms with E-state index < -0.39 is 5.60 Å². The Kier molecular flexibility index (Phi) is 4.06. The minimum Gasteiger partial charge on any atom is -0.378 e. The highest BCUT2D eigenvalue weighted by molar-refractivity contribution is 5.44. The number of nitrogens with zero attached hydrogens (tertiary/aromatic N) is 2. The maximum Gasteiger partial charge on any atom is 0.166 e. The van der Waals surface area contributed by atoms with Crippen molar-refractivity contribution in [1.82, 2.24) is 4.98 Å². The number of rotatable bonds is 1. The molecule has 1 saturated heterocycles. The van der Waals surface area contributed by atoms with E-state index in [0.29, 0.717) is 11.5 Å². The summed E-state index contributed by atoms with van der Waals surface area (Å²) in [5.74, 6) is 5.54. The molecule has 0 unspecified atom stereocenters. The first kappa shape index (κ1) is 13.8. The van der Waals surface area contributed by atoms with Crippen LogP contribution < -0.4 is 4.90 Å². The molecule has 0 bridgehead atoms. The second-order valence-corrected chi connectivity index (χ2v) is 5.36. The molecule has 2 rings (SSSR count). The lowest BCUT2D eigenvalue weighted by Crippen LogP contribution is -2.31. The summed E-state index contributed by atoms with van der Waals surface area (Å²) in [6.07, 6.45) is 3.33. The Morgan fingerprint density at radius 2 is 1.95 bits per heavy atom. The largest absolute Gasteiger partial charge is 0.378 e. The van der Waals surface area contributed by atoms with E-state index in [1.807, 2.05) is 4.90 Å². The van der Waals surface area contributed by atoms with Crippen molar-refractivity contribution in [3.8, 4) is 11.8 Å². The fraction of sp³-hybridized carbons (Fsp3) is 0.533. The second-order valence-electron chi connectivity index (χ2n) is 5.36. The molecule has 1 N–H and O–H groups in total. The molecule has 0 amide bonds. The molecule has 1 aliphatic rings. The van der Waals surface area contributed by atoms with Gasteiger partial charge in [-0.15, -0.1) is 0 Å². The van der Waals surface area contributed by atoms with Gasteiger partial charge in [-0.1, -0.05) is 5.92 Å². The molecule has 0 aliphatic carbocycles. The van der Waals surface area contributed by atoms with Crippen LogP contribution in [0.1, 0.15) is 38.8 Å². The van der Waals surface area contributed by atoms with E-state index in [1.54, 1.807) is 19.9 Å². The standard InChI is InChI=1S/C15H19FN2O/c1-15(2,19)9-8-12-6-7-13(16)14(17-12)18-10-4-3-5-11-18/h6-7,19H,3-5,10-11H2,1-2H3. The Bertz CT molecular complexity index is 505. The monoisotopic (exact) mass is 262 g/mol. The zero-order valence-electron chi connectivity index (χ0n) is 11.4. The summed E-state index contributed by atoms with van der Waals surface area (Å²) >= 11 is 0. The average molecular weight is 262 g/mol. The molecule has 4 heteroatoms. The molecule has 1 fully saturated rings. The smallest absolute Gasteiger partial charge is 0.166 e. The van der Waals surface area contributed by atoms with E-state index in [-0.39, 0.29) is 5.82 Å². The van der Waals surface area contributed by atoms with Crippen LogP contribution in [0.5, 0.6) is 0 Å². The van der Waals surface area contributed by atoms with Crippen molar-refractivity contribution in [3.05, 3.63) is 23.6 Å². The molecule has 0 saturated carbocycles. The van der Waals surface area contributed by atoms with Crippen LogP contribution >= 0.6 is 0 Å². The maximum atomic E-state index is 13.8. The number of hydrogen-bond acceptors (Lipinski definition) is 3. The van der Waals surface area contributed by atoms with E-state index >= 15 is 0 Å². The summed E-state index contributed by atoms with van der Waals surface area (Å²) in [6.45, 7) is 4.89. The van der Waals surface area contributed by atoms with Gasteiger partial charge in [-0.25, -0.2) is 9.37 Å². The van der Waals surface area contributed by atoms with Crippen LogP contribution in [0.25, 0.3) is 0 Å². The van der Waals surface area contributed by atoms with Crippen LogP contribution in [-0.2, 0) is 0 Å². The highest BCUT2D eigenvalue weighted by Crippen LogP contribution is 2.21. The molecule has 1 aromatic heterocycles. The highest BCUT2D eigenvalue weighted by atomic mass is 19.1. The van der Waals surface area contributed by atoms with Gasteiger partial charge in [-0.3, -0.25) is 0 Å². The third-order valence-corrected chi connectivity index (χ3v) is 2.98. The lowest BCUT2D eigenvalue weighted by atomic mass is 10.1. The van der Waals surface area contributed by atoms with E-state index in [2.05, 4.69) is 16.8 Å². The van der Waals surface area contributed by atoms with Gasteiger partial charge in [0, 0.05) is 13.1 Å². The van der Waals surface area contributed by atoms with Crippen molar-refractivity contribution < 1.29 is 9.50 Å². The Balaban J connectivity index is 2.25. The van der Waals surface area contributed by atoms with Gasteiger partial charge >= 0.3 is 0 Å². The average Bonchev–Trinajstić information content (AvgIpc) is 2.38. The number of halogens is 1. The number of pyridine rings is 1. The predicted octanol–water partition coefficient (Wildman–Crippen LogP) is 2.33. The van der Waals surface area contributed by atoms with Gasteiger partial charge in [0.25, 0.3) is 0 Å². The lowest BCUT2D eigenvalue weighted by Gasteiger charge is -2.27. The molecule has 3 nitrogen and oxygen atoms in total. The van der Waals surface area contributed by atoms with Gasteiger partial charge < -0.3 is 10.0 Å². The van der Waals surface area contributed by atoms with Crippen LogP contribution in [0.4, 0.5) is 10.2 Å². The molecule has 19 heavy (non-hydrogen) atoms. The topological polar surface area (TPSA) is 36.4 Å². The second kappa shape index (κ2) is 5.58. The van der Waals surface area contributed by atoms with E-state index in [4.69, 9.17) is 0 Å². The summed E-state index contributed by atoms with van der Waals surface area (Å²) < 4.78 is 13.8. The zero-order chi connectivity index (χ0) is 13.9. The van der Waals surface area contributed by atoms with Crippen molar-refractivity contribution in [1.29, 1.82) is 0 Å². The minimum absolute atomic E-state index is 0.310. The van der Waals surface area contributed by atoms with Crippen molar-refractivity contribution in [2.75, 3.05) is 18.0 Å². The Morgan fingerprint density at radius 3 is 2.58 bits per heavy atom. The number of aromatic nitrogens is 1.